The number of carbonyl (C=O) groups excluding carboxylic acids is 2. The van der Waals surface area contributed by atoms with Crippen molar-refractivity contribution in [2.45, 2.75) is 33.4 Å². The van der Waals surface area contributed by atoms with Gasteiger partial charge in [0, 0.05) is 18.2 Å². The van der Waals surface area contributed by atoms with Crippen LogP contribution in [0.3, 0.4) is 0 Å². The van der Waals surface area contributed by atoms with Crippen LogP contribution < -0.4 is 16.4 Å². The predicted molar refractivity (Wildman–Crippen MR) is 99.9 cm³/mol. The Morgan fingerprint density at radius 1 is 0.960 bits per heavy atom. The smallest absolute Gasteiger partial charge is 0.241 e. The standard InChI is InChI=1S/C20H25N3O2/c1-13(2)19(24)23-17-10-6-15(7-11-17)12-22-20(25)18(21)16-8-4-14(3)5-9-16/h4-11,13,18H,12,21H2,1-3H3,(H,22,25)(H,23,24). The van der Waals surface area contributed by atoms with Crippen molar-refractivity contribution >= 4 is 17.5 Å². The fourth-order valence-electron chi connectivity index (χ4n) is 2.22. The normalized spacial score (nSPS) is 11.9. The van der Waals surface area contributed by atoms with Crippen molar-refractivity contribution in [3.63, 3.8) is 0 Å². The minimum Gasteiger partial charge on any atom is -0.350 e. The lowest BCUT2D eigenvalue weighted by molar-refractivity contribution is -0.122. The van der Waals surface area contributed by atoms with Crippen molar-refractivity contribution in [2.75, 3.05) is 5.32 Å². The molecule has 1 atom stereocenters. The lowest BCUT2D eigenvalue weighted by atomic mass is 10.1. The maximum Gasteiger partial charge on any atom is 0.241 e. The van der Waals surface area contributed by atoms with Crippen LogP contribution in [0, 0.1) is 12.8 Å². The summed E-state index contributed by atoms with van der Waals surface area (Å²) in [5, 5.41) is 5.67. The van der Waals surface area contributed by atoms with Gasteiger partial charge in [0.15, 0.2) is 0 Å². The van der Waals surface area contributed by atoms with Crippen LogP contribution in [0.2, 0.25) is 0 Å². The van der Waals surface area contributed by atoms with E-state index in [9.17, 15) is 9.59 Å². The Hall–Kier alpha value is -2.66. The van der Waals surface area contributed by atoms with Gasteiger partial charge in [-0.25, -0.2) is 0 Å². The first kappa shape index (κ1) is 18.7. The average Bonchev–Trinajstić information content (AvgIpc) is 2.60. The van der Waals surface area contributed by atoms with Crippen LogP contribution in [-0.4, -0.2) is 11.8 Å². The molecule has 2 amide bonds. The Bertz CT molecular complexity index is 722. The molecule has 0 saturated heterocycles. The second-order valence-corrected chi connectivity index (χ2v) is 6.45. The zero-order valence-corrected chi connectivity index (χ0v) is 14.9. The molecule has 5 heteroatoms. The molecule has 0 aliphatic heterocycles. The zero-order chi connectivity index (χ0) is 18.4. The van der Waals surface area contributed by atoms with Crippen LogP contribution in [-0.2, 0) is 16.1 Å². The molecule has 2 rings (SSSR count). The maximum atomic E-state index is 12.2. The van der Waals surface area contributed by atoms with Crippen molar-refractivity contribution in [1.29, 1.82) is 0 Å². The van der Waals surface area contributed by atoms with Crippen molar-refractivity contribution < 1.29 is 9.59 Å². The second-order valence-electron chi connectivity index (χ2n) is 6.45. The molecular formula is C20H25N3O2. The third-order valence-corrected chi connectivity index (χ3v) is 3.93. The van der Waals surface area contributed by atoms with E-state index in [0.717, 1.165) is 22.4 Å². The second kappa shape index (κ2) is 8.44. The summed E-state index contributed by atoms with van der Waals surface area (Å²) >= 11 is 0. The quantitative estimate of drug-likeness (QED) is 0.756. The molecule has 5 nitrogen and oxygen atoms in total. The van der Waals surface area contributed by atoms with Gasteiger partial charge in [-0.1, -0.05) is 55.8 Å². The van der Waals surface area contributed by atoms with Gasteiger partial charge in [0.2, 0.25) is 11.8 Å². The van der Waals surface area contributed by atoms with Gasteiger partial charge in [-0.05, 0) is 30.2 Å². The molecule has 1 unspecified atom stereocenters. The van der Waals surface area contributed by atoms with E-state index >= 15 is 0 Å². The van der Waals surface area contributed by atoms with Crippen LogP contribution in [0.1, 0.15) is 36.6 Å². The molecule has 0 heterocycles. The van der Waals surface area contributed by atoms with Crippen molar-refractivity contribution in [1.82, 2.24) is 5.32 Å². The van der Waals surface area contributed by atoms with Gasteiger partial charge < -0.3 is 16.4 Å². The van der Waals surface area contributed by atoms with Gasteiger partial charge in [-0.15, -0.1) is 0 Å². The minimum absolute atomic E-state index is 0.0230. The Kier molecular flexibility index (Phi) is 6.31. The number of anilines is 1. The number of nitrogens with one attached hydrogen (secondary N) is 2. The van der Waals surface area contributed by atoms with E-state index in [4.69, 9.17) is 5.73 Å². The Morgan fingerprint density at radius 2 is 1.56 bits per heavy atom. The van der Waals surface area contributed by atoms with E-state index in [1.807, 2.05) is 69.3 Å². The SMILES string of the molecule is Cc1ccc(C(N)C(=O)NCc2ccc(NC(=O)C(C)C)cc2)cc1. The van der Waals surface area contributed by atoms with Crippen LogP contribution in [0.4, 0.5) is 5.69 Å². The summed E-state index contributed by atoms with van der Waals surface area (Å²) in [5.74, 6) is -0.312. The fraction of sp³-hybridized carbons (Fsp3) is 0.300. The third kappa shape index (κ3) is 5.43. The Labute approximate surface area is 148 Å². The van der Waals surface area contributed by atoms with Crippen LogP contribution in [0.25, 0.3) is 0 Å². The molecule has 132 valence electrons. The molecule has 0 saturated carbocycles. The van der Waals surface area contributed by atoms with Crippen LogP contribution in [0.15, 0.2) is 48.5 Å². The highest BCUT2D eigenvalue weighted by Gasteiger charge is 2.15. The van der Waals surface area contributed by atoms with E-state index in [0.29, 0.717) is 6.54 Å². The third-order valence-electron chi connectivity index (χ3n) is 3.93. The zero-order valence-electron chi connectivity index (χ0n) is 14.9. The molecule has 0 aliphatic carbocycles. The van der Waals surface area contributed by atoms with Crippen LogP contribution in [0.5, 0.6) is 0 Å². The molecule has 2 aromatic rings. The van der Waals surface area contributed by atoms with E-state index < -0.39 is 6.04 Å². The van der Waals surface area contributed by atoms with Crippen molar-refractivity contribution in [3.05, 3.63) is 65.2 Å². The van der Waals surface area contributed by atoms with Gasteiger partial charge in [0.25, 0.3) is 0 Å². The molecule has 0 bridgehead atoms. The van der Waals surface area contributed by atoms with Gasteiger partial charge in [0.1, 0.15) is 6.04 Å². The summed E-state index contributed by atoms with van der Waals surface area (Å²) < 4.78 is 0. The summed E-state index contributed by atoms with van der Waals surface area (Å²) in [7, 11) is 0. The minimum atomic E-state index is -0.690. The number of rotatable bonds is 6. The highest BCUT2D eigenvalue weighted by molar-refractivity contribution is 5.92. The lowest BCUT2D eigenvalue weighted by Gasteiger charge is -2.13. The molecule has 0 aromatic heterocycles. The predicted octanol–water partition coefficient (Wildman–Crippen LogP) is 2.91. The van der Waals surface area contributed by atoms with Crippen molar-refractivity contribution in [2.24, 2.45) is 11.7 Å². The molecule has 4 N–H and O–H groups in total. The number of hydrogen-bond donors (Lipinski definition) is 3. The van der Waals surface area contributed by atoms with Crippen LogP contribution >= 0.6 is 0 Å². The topological polar surface area (TPSA) is 84.2 Å². The number of nitrogens with two attached hydrogens (primary N) is 1. The van der Waals surface area contributed by atoms with Crippen molar-refractivity contribution in [3.8, 4) is 0 Å². The number of carbonyl (C=O) groups is 2. The van der Waals surface area contributed by atoms with E-state index in [1.165, 1.54) is 0 Å². The first-order chi connectivity index (χ1) is 11.9. The van der Waals surface area contributed by atoms with Gasteiger partial charge >= 0.3 is 0 Å². The largest absolute Gasteiger partial charge is 0.350 e. The number of hydrogen-bond acceptors (Lipinski definition) is 3. The molecular weight excluding hydrogens is 314 g/mol. The first-order valence-corrected chi connectivity index (χ1v) is 8.36. The molecule has 0 aliphatic rings. The molecule has 0 radical (unpaired) electrons. The van der Waals surface area contributed by atoms with Gasteiger partial charge in [0.05, 0.1) is 0 Å². The summed E-state index contributed by atoms with van der Waals surface area (Å²) in [6, 6.07) is 14.3. The summed E-state index contributed by atoms with van der Waals surface area (Å²) in [5.41, 5.74) is 9.59. The Balaban J connectivity index is 1.89. The molecule has 0 spiro atoms. The fourth-order valence-corrected chi connectivity index (χ4v) is 2.22. The molecule has 2 aromatic carbocycles. The average molecular weight is 339 g/mol. The lowest BCUT2D eigenvalue weighted by Crippen LogP contribution is -2.33. The molecule has 0 fully saturated rings. The number of benzene rings is 2. The summed E-state index contributed by atoms with van der Waals surface area (Å²) in [6.07, 6.45) is 0. The first-order valence-electron chi connectivity index (χ1n) is 8.36. The monoisotopic (exact) mass is 339 g/mol. The van der Waals surface area contributed by atoms with E-state index in [2.05, 4.69) is 10.6 Å². The number of amides is 2. The Morgan fingerprint density at radius 3 is 2.12 bits per heavy atom. The maximum absolute atomic E-state index is 12.2. The summed E-state index contributed by atoms with van der Waals surface area (Å²) in [4.78, 5) is 23.9. The van der Waals surface area contributed by atoms with E-state index in [1.54, 1.807) is 0 Å². The highest BCUT2D eigenvalue weighted by Crippen LogP contribution is 2.13. The number of aryl methyl sites for hydroxylation is 1. The summed E-state index contributed by atoms with van der Waals surface area (Å²) in [6.45, 7) is 6.06. The molecule has 25 heavy (non-hydrogen) atoms. The highest BCUT2D eigenvalue weighted by atomic mass is 16.2. The van der Waals surface area contributed by atoms with E-state index in [-0.39, 0.29) is 17.7 Å². The van der Waals surface area contributed by atoms with Gasteiger partial charge in [-0.2, -0.15) is 0 Å². The van der Waals surface area contributed by atoms with Gasteiger partial charge in [-0.3, -0.25) is 9.59 Å².